The third kappa shape index (κ3) is 2.44. The van der Waals surface area contributed by atoms with Gasteiger partial charge in [0, 0.05) is 23.4 Å². The number of fused-ring (bicyclic) bond motifs is 1. The van der Waals surface area contributed by atoms with Crippen molar-refractivity contribution in [1.82, 2.24) is 4.98 Å². The first-order valence-electron chi connectivity index (χ1n) is 7.75. The summed E-state index contributed by atoms with van der Waals surface area (Å²) in [4.78, 5) is 16.1. The maximum absolute atomic E-state index is 12.6. The first-order valence-corrected chi connectivity index (χ1v) is 7.75. The number of carbonyl (C=O) groups excluding carboxylic acids is 1. The van der Waals surface area contributed by atoms with Crippen LogP contribution in [0.2, 0.25) is 0 Å². The Kier molecular flexibility index (Phi) is 3.27. The van der Waals surface area contributed by atoms with Gasteiger partial charge in [-0.25, -0.2) is 0 Å². The summed E-state index contributed by atoms with van der Waals surface area (Å²) in [6.07, 6.45) is 2.49. The molecule has 0 amide bonds. The van der Waals surface area contributed by atoms with E-state index in [1.54, 1.807) is 0 Å². The zero-order valence-corrected chi connectivity index (χ0v) is 13.3. The average Bonchev–Trinajstić information content (AvgIpc) is 2.75. The van der Waals surface area contributed by atoms with Crippen LogP contribution in [0.15, 0.2) is 24.3 Å². The molecule has 0 aliphatic heterocycles. The first-order chi connectivity index (χ1) is 9.91. The van der Waals surface area contributed by atoms with Crippen molar-refractivity contribution in [3.63, 3.8) is 0 Å². The first kappa shape index (κ1) is 14.1. The van der Waals surface area contributed by atoms with Crippen LogP contribution < -0.4 is 0 Å². The topological polar surface area (TPSA) is 32.9 Å². The van der Waals surface area contributed by atoms with E-state index in [0.29, 0.717) is 12.2 Å². The molecule has 1 aromatic heterocycles. The van der Waals surface area contributed by atoms with Gasteiger partial charge in [0.25, 0.3) is 0 Å². The summed E-state index contributed by atoms with van der Waals surface area (Å²) in [6.45, 7) is 8.58. The molecule has 0 atom stereocenters. The summed E-state index contributed by atoms with van der Waals surface area (Å²) in [5.74, 6) is 0.299. The largest absolute Gasteiger partial charge is 0.358 e. The van der Waals surface area contributed by atoms with Gasteiger partial charge in [-0.15, -0.1) is 0 Å². The second-order valence-electron chi connectivity index (χ2n) is 7.00. The summed E-state index contributed by atoms with van der Waals surface area (Å²) < 4.78 is 0. The number of carbonyl (C=O) groups is 1. The SMILES string of the molecule is CCc1c(-c2cccc(C)c2)[nH]c2c1C(=O)CC(C)(C)C2. The van der Waals surface area contributed by atoms with E-state index in [9.17, 15) is 4.79 Å². The Morgan fingerprint density at radius 2 is 2.00 bits per heavy atom. The van der Waals surface area contributed by atoms with E-state index < -0.39 is 0 Å². The van der Waals surface area contributed by atoms with Crippen LogP contribution in [-0.2, 0) is 12.8 Å². The molecule has 2 aromatic rings. The van der Waals surface area contributed by atoms with E-state index in [2.05, 4.69) is 56.9 Å². The summed E-state index contributed by atoms with van der Waals surface area (Å²) in [6, 6.07) is 8.49. The lowest BCUT2D eigenvalue weighted by Crippen LogP contribution is -2.27. The van der Waals surface area contributed by atoms with Gasteiger partial charge in [0.05, 0.1) is 0 Å². The van der Waals surface area contributed by atoms with Gasteiger partial charge in [-0.1, -0.05) is 44.5 Å². The fourth-order valence-electron chi connectivity index (χ4n) is 3.53. The molecule has 0 unspecified atom stereocenters. The molecule has 3 rings (SSSR count). The Bertz CT molecular complexity index is 706. The van der Waals surface area contributed by atoms with Crippen LogP contribution >= 0.6 is 0 Å². The lowest BCUT2D eigenvalue weighted by molar-refractivity contribution is 0.0911. The number of aromatic nitrogens is 1. The molecule has 0 bridgehead atoms. The van der Waals surface area contributed by atoms with Gasteiger partial charge >= 0.3 is 0 Å². The highest BCUT2D eigenvalue weighted by atomic mass is 16.1. The minimum absolute atomic E-state index is 0.0593. The summed E-state index contributed by atoms with van der Waals surface area (Å²) in [5, 5.41) is 0. The van der Waals surface area contributed by atoms with Gasteiger partial charge in [-0.05, 0) is 42.4 Å². The normalized spacial score (nSPS) is 16.9. The second kappa shape index (κ2) is 4.87. The van der Waals surface area contributed by atoms with Crippen LogP contribution in [0.3, 0.4) is 0 Å². The monoisotopic (exact) mass is 281 g/mol. The minimum Gasteiger partial charge on any atom is -0.358 e. The number of ketones is 1. The number of hydrogen-bond acceptors (Lipinski definition) is 1. The highest BCUT2D eigenvalue weighted by Gasteiger charge is 2.34. The van der Waals surface area contributed by atoms with Crippen molar-refractivity contribution in [3.05, 3.63) is 46.6 Å². The molecule has 1 aliphatic rings. The van der Waals surface area contributed by atoms with E-state index in [-0.39, 0.29) is 5.41 Å². The van der Waals surface area contributed by atoms with Gasteiger partial charge in [0.1, 0.15) is 0 Å². The Hall–Kier alpha value is -1.83. The van der Waals surface area contributed by atoms with Crippen LogP contribution in [0.4, 0.5) is 0 Å². The molecular formula is C19H23NO. The average molecular weight is 281 g/mol. The fraction of sp³-hybridized carbons (Fsp3) is 0.421. The van der Waals surface area contributed by atoms with Crippen molar-refractivity contribution < 1.29 is 4.79 Å². The number of benzene rings is 1. The standard InChI is InChI=1S/C19H23NO/c1-5-14-17-15(10-19(3,4)11-16(17)21)20-18(14)13-8-6-7-12(2)9-13/h6-9,20H,5,10-11H2,1-4H3. The van der Waals surface area contributed by atoms with Gasteiger partial charge in [-0.2, -0.15) is 0 Å². The highest BCUT2D eigenvalue weighted by Crippen LogP contribution is 2.39. The number of nitrogens with one attached hydrogen (secondary N) is 1. The molecule has 1 heterocycles. The predicted octanol–water partition coefficient (Wildman–Crippen LogP) is 4.71. The van der Waals surface area contributed by atoms with Crippen LogP contribution in [0.1, 0.15) is 54.4 Å². The highest BCUT2D eigenvalue weighted by molar-refractivity contribution is 6.02. The summed E-state index contributed by atoms with van der Waals surface area (Å²) in [5.41, 5.74) is 6.91. The van der Waals surface area contributed by atoms with Crippen LogP contribution in [0.5, 0.6) is 0 Å². The zero-order valence-electron chi connectivity index (χ0n) is 13.3. The third-order valence-corrected chi connectivity index (χ3v) is 4.41. The van der Waals surface area contributed by atoms with Crippen LogP contribution in [0, 0.1) is 12.3 Å². The molecule has 0 saturated heterocycles. The fourth-order valence-corrected chi connectivity index (χ4v) is 3.53. The lowest BCUT2D eigenvalue weighted by Gasteiger charge is -2.28. The lowest BCUT2D eigenvalue weighted by atomic mass is 9.75. The van der Waals surface area contributed by atoms with Crippen molar-refractivity contribution in [2.75, 3.05) is 0 Å². The number of aromatic amines is 1. The predicted molar refractivity (Wildman–Crippen MR) is 86.8 cm³/mol. The number of hydrogen-bond donors (Lipinski definition) is 1. The smallest absolute Gasteiger partial charge is 0.165 e. The molecule has 2 heteroatoms. The molecule has 21 heavy (non-hydrogen) atoms. The molecule has 0 saturated carbocycles. The quantitative estimate of drug-likeness (QED) is 0.849. The zero-order chi connectivity index (χ0) is 15.2. The van der Waals surface area contributed by atoms with Gasteiger partial charge in [-0.3, -0.25) is 4.79 Å². The maximum Gasteiger partial charge on any atom is 0.165 e. The van der Waals surface area contributed by atoms with Crippen molar-refractivity contribution in [2.24, 2.45) is 5.41 Å². The Morgan fingerprint density at radius 3 is 2.67 bits per heavy atom. The van der Waals surface area contributed by atoms with E-state index in [4.69, 9.17) is 0 Å². The van der Waals surface area contributed by atoms with Gasteiger partial charge < -0.3 is 4.98 Å². The molecule has 2 nitrogen and oxygen atoms in total. The Labute approximate surface area is 126 Å². The molecule has 110 valence electrons. The van der Waals surface area contributed by atoms with Crippen molar-refractivity contribution in [2.45, 2.75) is 47.0 Å². The van der Waals surface area contributed by atoms with Crippen molar-refractivity contribution in [3.8, 4) is 11.3 Å². The minimum atomic E-state index is 0.0593. The van der Waals surface area contributed by atoms with Gasteiger partial charge in [0.2, 0.25) is 0 Å². The molecule has 0 fully saturated rings. The van der Waals surface area contributed by atoms with E-state index >= 15 is 0 Å². The molecule has 1 aromatic carbocycles. The third-order valence-electron chi connectivity index (χ3n) is 4.41. The molecule has 1 N–H and O–H groups in total. The summed E-state index contributed by atoms with van der Waals surface area (Å²) >= 11 is 0. The van der Waals surface area contributed by atoms with Crippen LogP contribution in [-0.4, -0.2) is 10.8 Å². The molecule has 0 radical (unpaired) electrons. The summed E-state index contributed by atoms with van der Waals surface area (Å²) in [7, 11) is 0. The van der Waals surface area contributed by atoms with E-state index in [1.807, 2.05) is 0 Å². The molecular weight excluding hydrogens is 258 g/mol. The molecule has 0 spiro atoms. The van der Waals surface area contributed by atoms with Crippen molar-refractivity contribution >= 4 is 5.78 Å². The van der Waals surface area contributed by atoms with Crippen LogP contribution in [0.25, 0.3) is 11.3 Å². The van der Waals surface area contributed by atoms with E-state index in [1.165, 1.54) is 16.7 Å². The number of aryl methyl sites for hydroxylation is 1. The molecule has 1 aliphatic carbocycles. The number of H-pyrrole nitrogens is 1. The maximum atomic E-state index is 12.6. The number of rotatable bonds is 2. The Morgan fingerprint density at radius 1 is 1.24 bits per heavy atom. The second-order valence-corrected chi connectivity index (χ2v) is 7.00. The van der Waals surface area contributed by atoms with Crippen molar-refractivity contribution in [1.29, 1.82) is 0 Å². The Balaban J connectivity index is 2.18. The van der Waals surface area contributed by atoms with E-state index in [0.717, 1.165) is 29.8 Å². The van der Waals surface area contributed by atoms with Gasteiger partial charge in [0.15, 0.2) is 5.78 Å². The number of Topliss-reactive ketones (excluding diaryl/α,β-unsaturated/α-hetero) is 1.